The summed E-state index contributed by atoms with van der Waals surface area (Å²) in [6, 6.07) is 10.6. The number of carbonyl (C=O) groups excluding carboxylic acids is 2. The highest BCUT2D eigenvalue weighted by atomic mass is 16.5. The van der Waals surface area contributed by atoms with Crippen molar-refractivity contribution in [3.8, 4) is 0 Å². The van der Waals surface area contributed by atoms with E-state index in [9.17, 15) is 19.5 Å². The molecule has 1 fully saturated rings. The van der Waals surface area contributed by atoms with Crippen molar-refractivity contribution in [1.82, 2.24) is 0 Å². The fraction of sp³-hybridized carbons (Fsp3) is 0.235. The highest BCUT2D eigenvalue weighted by Crippen LogP contribution is 2.32. The van der Waals surface area contributed by atoms with E-state index in [0.29, 0.717) is 5.69 Å². The van der Waals surface area contributed by atoms with E-state index in [1.54, 1.807) is 12.1 Å². The number of fused-ring (bicyclic) bond motifs is 1. The zero-order chi connectivity index (χ0) is 16.6. The minimum Gasteiger partial charge on any atom is -0.478 e. The van der Waals surface area contributed by atoms with Gasteiger partial charge in [0.2, 0.25) is 5.91 Å². The van der Waals surface area contributed by atoms with Gasteiger partial charge in [0.05, 0.1) is 24.3 Å². The summed E-state index contributed by atoms with van der Waals surface area (Å²) in [4.78, 5) is 36.8. The van der Waals surface area contributed by atoms with Gasteiger partial charge in [0.1, 0.15) is 0 Å². The molecule has 1 saturated heterocycles. The summed E-state index contributed by atoms with van der Waals surface area (Å²) in [6.45, 7) is 0.129. The summed E-state index contributed by atoms with van der Waals surface area (Å²) in [6.07, 6.45) is 0.0263. The zero-order valence-electron chi connectivity index (χ0n) is 12.5. The van der Waals surface area contributed by atoms with E-state index in [4.69, 9.17) is 0 Å². The zero-order valence-corrected chi connectivity index (χ0v) is 12.5. The van der Waals surface area contributed by atoms with Gasteiger partial charge in [-0.25, -0.2) is 4.79 Å². The Morgan fingerprint density at radius 1 is 1.22 bits per heavy atom. The molecule has 1 unspecified atom stereocenters. The lowest BCUT2D eigenvalue weighted by Crippen LogP contribution is -2.27. The SMILES string of the molecule is COC(=O)C1CC(=O)N(c2cc3ccccc3cc2C(=O)O)C1. The third-order valence-corrected chi connectivity index (χ3v) is 4.04. The normalized spacial score (nSPS) is 17.5. The minimum absolute atomic E-state index is 0.0263. The molecule has 3 rings (SSSR count). The number of carbonyl (C=O) groups is 3. The lowest BCUT2D eigenvalue weighted by Gasteiger charge is -2.19. The molecule has 2 aromatic carbocycles. The van der Waals surface area contributed by atoms with E-state index in [0.717, 1.165) is 10.8 Å². The van der Waals surface area contributed by atoms with Crippen LogP contribution in [0.1, 0.15) is 16.8 Å². The van der Waals surface area contributed by atoms with Crippen molar-refractivity contribution in [2.24, 2.45) is 5.92 Å². The highest BCUT2D eigenvalue weighted by Gasteiger charge is 2.37. The topological polar surface area (TPSA) is 83.9 Å². The standard InChI is InChI=1S/C17H15NO5/c1-23-17(22)12-8-15(19)18(9-12)14-7-11-5-3-2-4-10(11)6-13(14)16(20)21/h2-7,12H,8-9H2,1H3,(H,20,21). The highest BCUT2D eigenvalue weighted by molar-refractivity contribution is 6.08. The van der Waals surface area contributed by atoms with Crippen LogP contribution in [0.2, 0.25) is 0 Å². The number of ether oxygens (including phenoxy) is 1. The number of hydrogen-bond donors (Lipinski definition) is 1. The summed E-state index contributed by atoms with van der Waals surface area (Å²) in [5, 5.41) is 11.1. The van der Waals surface area contributed by atoms with Crippen molar-refractivity contribution in [1.29, 1.82) is 0 Å². The van der Waals surface area contributed by atoms with Gasteiger partial charge >= 0.3 is 11.9 Å². The first kappa shape index (κ1) is 15.0. The van der Waals surface area contributed by atoms with E-state index in [-0.39, 0.29) is 24.4 Å². The van der Waals surface area contributed by atoms with Crippen molar-refractivity contribution in [2.75, 3.05) is 18.6 Å². The van der Waals surface area contributed by atoms with Crippen LogP contribution >= 0.6 is 0 Å². The predicted octanol–water partition coefficient (Wildman–Crippen LogP) is 2.06. The molecule has 2 aromatic rings. The molecule has 0 saturated carbocycles. The van der Waals surface area contributed by atoms with Crippen LogP contribution in [0.3, 0.4) is 0 Å². The van der Waals surface area contributed by atoms with Crippen molar-refractivity contribution in [3.05, 3.63) is 42.0 Å². The number of hydrogen-bond acceptors (Lipinski definition) is 4. The first-order valence-corrected chi connectivity index (χ1v) is 7.15. The molecular weight excluding hydrogens is 298 g/mol. The number of nitrogens with zero attached hydrogens (tertiary/aromatic N) is 1. The van der Waals surface area contributed by atoms with Crippen LogP contribution in [0.5, 0.6) is 0 Å². The monoisotopic (exact) mass is 313 g/mol. The van der Waals surface area contributed by atoms with Gasteiger partial charge in [-0.15, -0.1) is 0 Å². The van der Waals surface area contributed by atoms with Crippen LogP contribution in [0.25, 0.3) is 10.8 Å². The van der Waals surface area contributed by atoms with Crippen LogP contribution < -0.4 is 4.90 Å². The summed E-state index contributed by atoms with van der Waals surface area (Å²) < 4.78 is 4.68. The van der Waals surface area contributed by atoms with Gasteiger partial charge in [-0.05, 0) is 22.9 Å². The van der Waals surface area contributed by atoms with Crippen molar-refractivity contribution in [2.45, 2.75) is 6.42 Å². The first-order valence-electron chi connectivity index (χ1n) is 7.15. The second-order valence-corrected chi connectivity index (χ2v) is 5.45. The number of methoxy groups -OCH3 is 1. The maximum Gasteiger partial charge on any atom is 0.337 e. The second-order valence-electron chi connectivity index (χ2n) is 5.45. The molecule has 118 valence electrons. The number of anilines is 1. The molecule has 0 radical (unpaired) electrons. The lowest BCUT2D eigenvalue weighted by molar-refractivity contribution is -0.145. The number of rotatable bonds is 3. The van der Waals surface area contributed by atoms with E-state index >= 15 is 0 Å². The lowest BCUT2D eigenvalue weighted by atomic mass is 10.0. The van der Waals surface area contributed by atoms with E-state index in [1.807, 2.05) is 24.3 Å². The molecular formula is C17H15NO5. The number of benzene rings is 2. The van der Waals surface area contributed by atoms with Crippen molar-refractivity contribution in [3.63, 3.8) is 0 Å². The van der Waals surface area contributed by atoms with Gasteiger partial charge < -0.3 is 14.7 Å². The van der Waals surface area contributed by atoms with Crippen molar-refractivity contribution >= 4 is 34.3 Å². The van der Waals surface area contributed by atoms with Gasteiger partial charge in [-0.3, -0.25) is 9.59 Å². The Morgan fingerprint density at radius 3 is 2.48 bits per heavy atom. The summed E-state index contributed by atoms with van der Waals surface area (Å²) >= 11 is 0. The van der Waals surface area contributed by atoms with Gasteiger partial charge in [0.15, 0.2) is 0 Å². The molecule has 1 atom stereocenters. The number of amides is 1. The maximum atomic E-state index is 12.2. The van der Waals surface area contributed by atoms with Gasteiger partial charge in [0.25, 0.3) is 0 Å². The molecule has 1 aliphatic heterocycles. The van der Waals surface area contributed by atoms with Crippen LogP contribution in [0, 0.1) is 5.92 Å². The molecule has 6 nitrogen and oxygen atoms in total. The number of aromatic carboxylic acids is 1. The van der Waals surface area contributed by atoms with Crippen LogP contribution in [-0.4, -0.2) is 36.6 Å². The third-order valence-electron chi connectivity index (χ3n) is 4.04. The Balaban J connectivity index is 2.08. The van der Waals surface area contributed by atoms with Crippen molar-refractivity contribution < 1.29 is 24.2 Å². The Morgan fingerprint density at radius 2 is 1.87 bits per heavy atom. The quantitative estimate of drug-likeness (QED) is 0.877. The van der Waals surface area contributed by atoms with Gasteiger partial charge in [-0.1, -0.05) is 24.3 Å². The molecule has 0 spiro atoms. The number of carboxylic acid groups (broad SMARTS) is 1. The molecule has 1 heterocycles. The number of carboxylic acids is 1. The average Bonchev–Trinajstić information content (AvgIpc) is 2.94. The summed E-state index contributed by atoms with van der Waals surface area (Å²) in [5.41, 5.74) is 0.357. The fourth-order valence-electron chi connectivity index (χ4n) is 2.89. The Labute approximate surface area is 132 Å². The minimum atomic E-state index is -1.11. The molecule has 1 N–H and O–H groups in total. The summed E-state index contributed by atoms with van der Waals surface area (Å²) in [5.74, 6) is -2.42. The van der Waals surface area contributed by atoms with E-state index < -0.39 is 17.9 Å². The molecule has 1 aliphatic rings. The van der Waals surface area contributed by atoms with E-state index in [1.165, 1.54) is 12.0 Å². The fourth-order valence-corrected chi connectivity index (χ4v) is 2.89. The van der Waals surface area contributed by atoms with Crippen LogP contribution in [0.15, 0.2) is 36.4 Å². The third kappa shape index (κ3) is 2.63. The first-order chi connectivity index (χ1) is 11.0. The second kappa shape index (κ2) is 5.72. The molecule has 0 aliphatic carbocycles. The van der Waals surface area contributed by atoms with Crippen LogP contribution in [0.4, 0.5) is 5.69 Å². The summed E-state index contributed by atoms with van der Waals surface area (Å²) in [7, 11) is 1.27. The Hall–Kier alpha value is -2.89. The Kier molecular flexibility index (Phi) is 3.73. The van der Waals surface area contributed by atoms with Crippen LogP contribution in [-0.2, 0) is 14.3 Å². The van der Waals surface area contributed by atoms with E-state index in [2.05, 4.69) is 4.74 Å². The molecule has 0 aromatic heterocycles. The predicted molar refractivity (Wildman–Crippen MR) is 83.4 cm³/mol. The molecule has 23 heavy (non-hydrogen) atoms. The van der Waals surface area contributed by atoms with Gasteiger partial charge in [-0.2, -0.15) is 0 Å². The number of esters is 1. The van der Waals surface area contributed by atoms with Gasteiger partial charge in [0, 0.05) is 13.0 Å². The molecule has 6 heteroatoms. The smallest absolute Gasteiger partial charge is 0.337 e. The maximum absolute atomic E-state index is 12.2. The largest absolute Gasteiger partial charge is 0.478 e. The Bertz CT molecular complexity index is 814. The molecule has 0 bridgehead atoms. The average molecular weight is 313 g/mol. The molecule has 1 amide bonds.